The number of carbonyl (C=O) groups is 2. The van der Waals surface area contributed by atoms with E-state index in [9.17, 15) is 18.0 Å². The Morgan fingerprint density at radius 1 is 1.20 bits per heavy atom. The molecule has 1 aliphatic carbocycles. The summed E-state index contributed by atoms with van der Waals surface area (Å²) in [5.41, 5.74) is 2.90. The summed E-state index contributed by atoms with van der Waals surface area (Å²) in [5.74, 6) is -0.964. The van der Waals surface area contributed by atoms with Crippen molar-refractivity contribution in [3.05, 3.63) is 34.9 Å². The van der Waals surface area contributed by atoms with E-state index in [-0.39, 0.29) is 11.5 Å². The van der Waals surface area contributed by atoms with Crippen LogP contribution in [0, 0.1) is 0 Å². The molecule has 1 saturated heterocycles. The Balaban J connectivity index is 1.57. The summed E-state index contributed by atoms with van der Waals surface area (Å²) in [5, 5.41) is 2.65. The highest BCUT2D eigenvalue weighted by molar-refractivity contribution is 7.91. The standard InChI is InChI=1S/C18H23NO5S/c1-12(17(20)19-16-8-9-25(22,23)11-16)24-18(21)15-7-6-13-4-2-3-5-14(13)10-15/h6-7,10,12,16H,2-5,8-9,11H2,1H3,(H,19,20)/t12-,16-/m0/s1. The van der Waals surface area contributed by atoms with Gasteiger partial charge in [-0.3, -0.25) is 4.79 Å². The Labute approximate surface area is 147 Å². The minimum absolute atomic E-state index is 0.0514. The van der Waals surface area contributed by atoms with Crippen molar-refractivity contribution < 1.29 is 22.7 Å². The fourth-order valence-electron chi connectivity index (χ4n) is 3.37. The number of amides is 1. The molecule has 3 rings (SSSR count). The molecule has 1 fully saturated rings. The van der Waals surface area contributed by atoms with Crippen molar-refractivity contribution in [1.29, 1.82) is 0 Å². The first-order chi connectivity index (χ1) is 11.8. The number of hydrogen-bond donors (Lipinski definition) is 1. The number of hydrogen-bond acceptors (Lipinski definition) is 5. The van der Waals surface area contributed by atoms with Gasteiger partial charge in [0, 0.05) is 6.04 Å². The lowest BCUT2D eigenvalue weighted by Gasteiger charge is -2.18. The lowest BCUT2D eigenvalue weighted by atomic mass is 9.90. The van der Waals surface area contributed by atoms with Crippen molar-refractivity contribution in [2.45, 2.75) is 51.2 Å². The average Bonchev–Trinajstić information content (AvgIpc) is 2.92. The van der Waals surface area contributed by atoms with Crippen molar-refractivity contribution in [1.82, 2.24) is 5.32 Å². The number of ether oxygens (including phenoxy) is 1. The van der Waals surface area contributed by atoms with E-state index < -0.39 is 33.9 Å². The van der Waals surface area contributed by atoms with E-state index in [1.807, 2.05) is 12.1 Å². The van der Waals surface area contributed by atoms with E-state index in [1.165, 1.54) is 24.5 Å². The number of fused-ring (bicyclic) bond motifs is 1. The molecule has 1 aromatic carbocycles. The van der Waals surface area contributed by atoms with Gasteiger partial charge in [0.1, 0.15) is 0 Å². The van der Waals surface area contributed by atoms with Crippen LogP contribution in [0.5, 0.6) is 0 Å². The molecule has 0 bridgehead atoms. The molecule has 0 aromatic heterocycles. The van der Waals surface area contributed by atoms with E-state index >= 15 is 0 Å². The second kappa shape index (κ2) is 7.15. The summed E-state index contributed by atoms with van der Waals surface area (Å²) >= 11 is 0. The van der Waals surface area contributed by atoms with Crippen LogP contribution in [0.4, 0.5) is 0 Å². The van der Waals surface area contributed by atoms with Gasteiger partial charge in [0.2, 0.25) is 0 Å². The summed E-state index contributed by atoms with van der Waals surface area (Å²) in [4.78, 5) is 24.4. The van der Waals surface area contributed by atoms with Crippen molar-refractivity contribution in [3.8, 4) is 0 Å². The SMILES string of the molecule is C[C@H](OC(=O)c1ccc2c(c1)CCCC2)C(=O)N[C@H]1CCS(=O)(=O)C1. The molecule has 1 amide bonds. The maximum absolute atomic E-state index is 12.3. The first-order valence-electron chi connectivity index (χ1n) is 8.68. The molecule has 1 aromatic rings. The topological polar surface area (TPSA) is 89.5 Å². The molecule has 1 N–H and O–H groups in total. The summed E-state index contributed by atoms with van der Waals surface area (Å²) in [6.45, 7) is 1.50. The van der Waals surface area contributed by atoms with Crippen molar-refractivity contribution in [3.63, 3.8) is 0 Å². The highest BCUT2D eigenvalue weighted by Crippen LogP contribution is 2.22. The van der Waals surface area contributed by atoms with Crippen molar-refractivity contribution in [2.75, 3.05) is 11.5 Å². The van der Waals surface area contributed by atoms with Crippen LogP contribution in [0.3, 0.4) is 0 Å². The van der Waals surface area contributed by atoms with Crippen LogP contribution in [0.1, 0.15) is 47.7 Å². The second-order valence-electron chi connectivity index (χ2n) is 6.85. The van der Waals surface area contributed by atoms with Gasteiger partial charge >= 0.3 is 5.97 Å². The molecule has 2 aliphatic rings. The molecule has 2 atom stereocenters. The third kappa shape index (κ3) is 4.39. The molecule has 1 heterocycles. The lowest BCUT2D eigenvalue weighted by molar-refractivity contribution is -0.129. The maximum Gasteiger partial charge on any atom is 0.338 e. The molecule has 0 saturated carbocycles. The van der Waals surface area contributed by atoms with Gasteiger partial charge < -0.3 is 10.1 Å². The highest BCUT2D eigenvalue weighted by Gasteiger charge is 2.30. The second-order valence-corrected chi connectivity index (χ2v) is 9.08. The number of nitrogens with one attached hydrogen (secondary N) is 1. The lowest BCUT2D eigenvalue weighted by Crippen LogP contribution is -2.42. The van der Waals surface area contributed by atoms with Gasteiger partial charge in [0.15, 0.2) is 15.9 Å². The Kier molecular flexibility index (Phi) is 5.13. The van der Waals surface area contributed by atoms with E-state index in [2.05, 4.69) is 5.32 Å². The number of carbonyl (C=O) groups excluding carboxylic acids is 2. The van der Waals surface area contributed by atoms with Crippen molar-refractivity contribution >= 4 is 21.7 Å². The van der Waals surface area contributed by atoms with Crippen LogP contribution in [0.2, 0.25) is 0 Å². The first-order valence-corrected chi connectivity index (χ1v) is 10.5. The number of sulfone groups is 1. The maximum atomic E-state index is 12.3. The van der Waals surface area contributed by atoms with Gasteiger partial charge in [-0.25, -0.2) is 13.2 Å². The van der Waals surface area contributed by atoms with E-state index in [0.29, 0.717) is 12.0 Å². The molecule has 0 unspecified atom stereocenters. The Bertz CT molecular complexity index is 787. The van der Waals surface area contributed by atoms with Crippen molar-refractivity contribution in [2.24, 2.45) is 0 Å². The minimum Gasteiger partial charge on any atom is -0.449 e. The summed E-state index contributed by atoms with van der Waals surface area (Å²) in [6.07, 6.45) is 3.72. The fourth-order valence-corrected chi connectivity index (χ4v) is 5.04. The Hall–Kier alpha value is -1.89. The van der Waals surface area contributed by atoms with Gasteiger partial charge in [-0.05, 0) is 62.3 Å². The molecule has 6 nitrogen and oxygen atoms in total. The zero-order valence-electron chi connectivity index (χ0n) is 14.3. The molecule has 7 heteroatoms. The zero-order valence-corrected chi connectivity index (χ0v) is 15.1. The van der Waals surface area contributed by atoms with Gasteiger partial charge in [-0.1, -0.05) is 6.07 Å². The van der Waals surface area contributed by atoms with Crippen LogP contribution >= 0.6 is 0 Å². The van der Waals surface area contributed by atoms with Crippen LogP contribution in [0.15, 0.2) is 18.2 Å². The third-order valence-corrected chi connectivity index (χ3v) is 6.58. The van der Waals surface area contributed by atoms with E-state index in [4.69, 9.17) is 4.74 Å². The normalized spacial score (nSPS) is 22.7. The molecule has 1 aliphatic heterocycles. The fraction of sp³-hybridized carbons (Fsp3) is 0.556. The van der Waals surface area contributed by atoms with Gasteiger partial charge in [0.25, 0.3) is 5.91 Å². The quantitative estimate of drug-likeness (QED) is 0.815. The summed E-state index contributed by atoms with van der Waals surface area (Å²) in [7, 11) is -3.06. The number of rotatable bonds is 4. The number of benzene rings is 1. The molecule has 136 valence electrons. The zero-order chi connectivity index (χ0) is 18.0. The minimum atomic E-state index is -3.06. The molecular weight excluding hydrogens is 342 g/mol. The van der Waals surface area contributed by atoms with E-state index in [1.54, 1.807) is 6.07 Å². The monoisotopic (exact) mass is 365 g/mol. The van der Waals surface area contributed by atoms with E-state index in [0.717, 1.165) is 19.3 Å². The van der Waals surface area contributed by atoms with Crippen LogP contribution in [-0.2, 0) is 32.2 Å². The summed E-state index contributed by atoms with van der Waals surface area (Å²) in [6, 6.07) is 5.15. The van der Waals surface area contributed by atoms with Crippen LogP contribution < -0.4 is 5.32 Å². The van der Waals surface area contributed by atoms with Crippen LogP contribution in [0.25, 0.3) is 0 Å². The molecule has 25 heavy (non-hydrogen) atoms. The molecule has 0 radical (unpaired) electrons. The summed E-state index contributed by atoms with van der Waals surface area (Å²) < 4.78 is 28.1. The third-order valence-electron chi connectivity index (χ3n) is 4.82. The largest absolute Gasteiger partial charge is 0.449 e. The first kappa shape index (κ1) is 17.9. The number of aryl methyl sites for hydroxylation is 2. The Morgan fingerprint density at radius 3 is 2.60 bits per heavy atom. The highest BCUT2D eigenvalue weighted by atomic mass is 32.2. The van der Waals surface area contributed by atoms with Gasteiger partial charge in [-0.15, -0.1) is 0 Å². The van der Waals surface area contributed by atoms with Crippen LogP contribution in [-0.4, -0.2) is 43.9 Å². The van der Waals surface area contributed by atoms with Gasteiger partial charge in [0.05, 0.1) is 17.1 Å². The smallest absolute Gasteiger partial charge is 0.338 e. The van der Waals surface area contributed by atoms with Gasteiger partial charge in [-0.2, -0.15) is 0 Å². The number of esters is 1. The average molecular weight is 365 g/mol. The molecular formula is C18H23NO5S. The molecule has 0 spiro atoms. The predicted molar refractivity (Wildman–Crippen MR) is 93.2 cm³/mol. The predicted octanol–water partition coefficient (Wildman–Crippen LogP) is 1.41. The Morgan fingerprint density at radius 2 is 1.92 bits per heavy atom.